The highest BCUT2D eigenvalue weighted by Crippen LogP contribution is 2.49. The number of Topliss-reactive ketones (excluding diaryl/α,β-unsaturated/α-hetero) is 1. The Morgan fingerprint density at radius 2 is 0.692 bits per heavy atom. The second-order valence-corrected chi connectivity index (χ2v) is 34.5. The van der Waals surface area contributed by atoms with Crippen molar-refractivity contribution in [1.82, 2.24) is 0 Å². The van der Waals surface area contributed by atoms with Crippen molar-refractivity contribution < 1.29 is 86.3 Å². The average Bonchev–Trinajstić information content (AvgIpc) is 1.00. The van der Waals surface area contributed by atoms with Gasteiger partial charge in [0.15, 0.2) is 69.6 Å². The van der Waals surface area contributed by atoms with Crippen molar-refractivity contribution in [2.75, 3.05) is 46.2 Å². The maximum Gasteiger partial charge on any atom is 0.200 e. The normalized spacial score (nSPS) is 23.1. The Morgan fingerprint density at radius 1 is 0.350 bits per heavy atom. The van der Waals surface area contributed by atoms with E-state index in [-0.39, 0.29) is 95.7 Å². The Bertz CT molecular complexity index is 4090. The number of hydrogen-bond donors (Lipinski definition) is 1. The second-order valence-electron chi connectivity index (χ2n) is 34.5. The molecule has 120 heavy (non-hydrogen) atoms. The summed E-state index contributed by atoms with van der Waals surface area (Å²) in [7, 11) is 0. The fourth-order valence-corrected chi connectivity index (χ4v) is 19.2. The molecule has 2 heterocycles. The molecule has 8 aliphatic rings. The quantitative estimate of drug-likeness (QED) is 0.0428. The van der Waals surface area contributed by atoms with Crippen LogP contribution in [0.25, 0.3) is 5.57 Å². The number of carbonyl (C=O) groups is 1. The summed E-state index contributed by atoms with van der Waals surface area (Å²) < 4.78 is 199. The van der Waals surface area contributed by atoms with Crippen LogP contribution in [0.15, 0.2) is 84.9 Å². The summed E-state index contributed by atoms with van der Waals surface area (Å²) in [6.45, 7) is 16.6. The van der Waals surface area contributed by atoms with Crippen molar-refractivity contribution in [3.63, 3.8) is 0 Å². The van der Waals surface area contributed by atoms with Gasteiger partial charge in [0.1, 0.15) is 5.78 Å². The van der Waals surface area contributed by atoms with Gasteiger partial charge in [-0.2, -0.15) is 13.2 Å². The number of unbranched alkanes of at least 4 members (excludes halogenated alkanes) is 6. The molecule has 0 aromatic heterocycles. The smallest absolute Gasteiger partial charge is 0.200 e. The van der Waals surface area contributed by atoms with Crippen molar-refractivity contribution in [1.29, 1.82) is 0 Å². The third-order valence-electron chi connectivity index (χ3n) is 26.4. The third kappa shape index (κ3) is 27.3. The molecule has 14 rings (SSSR count). The zero-order chi connectivity index (χ0) is 86.1. The monoisotopic (exact) mass is 1690 g/mol. The Kier molecular flexibility index (Phi) is 40.6. The lowest BCUT2D eigenvalue weighted by molar-refractivity contribution is -0.120. The van der Waals surface area contributed by atoms with Gasteiger partial charge in [0.2, 0.25) is 17.5 Å². The van der Waals surface area contributed by atoms with Crippen LogP contribution >= 0.6 is 0 Å². The Labute approximate surface area is 707 Å². The molecule has 7 nitrogen and oxygen atoms in total. The number of hydrogen-bond acceptors (Lipinski definition) is 7. The number of rotatable bonds is 26. The third-order valence-corrected chi connectivity index (χ3v) is 26.4. The van der Waals surface area contributed by atoms with Crippen molar-refractivity contribution >= 4 is 11.4 Å². The number of ether oxygens (including phenoxy) is 5. The molecule has 19 heteroatoms. The first kappa shape index (κ1) is 97.0. The molecule has 6 aromatic carbocycles. The van der Waals surface area contributed by atoms with E-state index in [2.05, 4.69) is 20.8 Å². The second kappa shape index (κ2) is 50.2. The molecule has 0 bridgehead atoms. The van der Waals surface area contributed by atoms with Crippen LogP contribution in [0.3, 0.4) is 0 Å². The molecule has 2 aliphatic heterocycles. The van der Waals surface area contributed by atoms with E-state index in [4.69, 9.17) is 23.7 Å². The lowest BCUT2D eigenvalue weighted by atomic mass is 9.72. The minimum absolute atomic E-state index is 0.00823. The van der Waals surface area contributed by atoms with E-state index >= 15 is 17.6 Å². The molecule has 0 amide bonds. The van der Waals surface area contributed by atoms with Crippen LogP contribution < -0.4 is 14.2 Å². The molecule has 5 saturated carbocycles. The van der Waals surface area contributed by atoms with Gasteiger partial charge >= 0.3 is 0 Å². The minimum atomic E-state index is -1.53. The summed E-state index contributed by atoms with van der Waals surface area (Å²) in [6.07, 6.45) is 38.8. The Balaban J connectivity index is 0.000000181. The molecular weight excluding hydrogens is 1550 g/mol. The summed E-state index contributed by atoms with van der Waals surface area (Å²) in [5.74, 6) is -8.35. The molecule has 0 spiro atoms. The van der Waals surface area contributed by atoms with E-state index in [1.165, 1.54) is 146 Å². The van der Waals surface area contributed by atoms with Gasteiger partial charge in [0.05, 0.1) is 25.4 Å². The Morgan fingerprint density at radius 3 is 1.06 bits per heavy atom. The van der Waals surface area contributed by atoms with E-state index in [9.17, 15) is 45.0 Å². The first-order valence-electron chi connectivity index (χ1n) is 45.9. The lowest BCUT2D eigenvalue weighted by Gasteiger charge is -2.37. The van der Waals surface area contributed by atoms with E-state index < -0.39 is 75.4 Å². The summed E-state index contributed by atoms with van der Waals surface area (Å²) in [5, 5.41) is 11.3. The van der Waals surface area contributed by atoms with Crippen molar-refractivity contribution in [2.24, 2.45) is 17.8 Å². The molecular formula is C101H134F12O7. The maximum atomic E-state index is 15.3. The van der Waals surface area contributed by atoms with Gasteiger partial charge in [-0.25, -0.2) is 39.5 Å². The fraction of sp³-hybridized carbons (Fsp3) is 0.614. The number of allylic oxidation sites excluding steroid dienone is 2. The standard InChI is InChI=1S/C31H40F4O2.C31H38F4O.C17H24F2.C14H16F2O2.2C4H8O/c1-3-5-6-7-20-8-10-21(11-9-20)23-12-14-25(29(34)27(23)32)31(36)18-16-22(17-19-31)24-13-15-26(37-4-2)30(35)28(24)33;1-3-5-6-7-20-8-10-21(11-9-20)24-16-17-25(29(33)28(24)32)22-12-14-23(15-13-22)26-18-19-27(36-4-2)31(35)30(26)34;1-2-3-4-6-13-9-11-14(12-10-13)15-7-5-8-16(18)17(15)19;1-2-18-12-8-7-11(13(15)14(12)16)9-3-5-10(17)6-4-9;2*1-2-4-5-3-1/h12-15,20-22,36H,3-11,16-19H2,1-2H3;12,16-21,23H,3-11,13-15H2,1-2H3;5,7-8,13-14H,2-4,6,9-12H2,1H3;7-9H,2-6H2,1H3;2*1-4H2. The van der Waals surface area contributed by atoms with E-state index in [1.54, 1.807) is 69.3 Å². The number of halogens is 12. The summed E-state index contributed by atoms with van der Waals surface area (Å²) in [5.41, 5.74) is 1.88. The molecule has 1 atom stereocenters. The van der Waals surface area contributed by atoms with Gasteiger partial charge in [-0.05, 0) is 298 Å². The Hall–Kier alpha value is -6.83. The molecule has 6 aromatic rings. The van der Waals surface area contributed by atoms with E-state index in [0.29, 0.717) is 110 Å². The molecule has 664 valence electrons. The van der Waals surface area contributed by atoms with Crippen LogP contribution in [0, 0.1) is 87.6 Å². The highest BCUT2D eigenvalue weighted by Gasteiger charge is 2.41. The average molecular weight is 1690 g/mol. The minimum Gasteiger partial charge on any atom is -0.491 e. The zero-order valence-corrected chi connectivity index (χ0v) is 72.2. The van der Waals surface area contributed by atoms with Crippen molar-refractivity contribution in [3.05, 3.63) is 199 Å². The van der Waals surface area contributed by atoms with Crippen LogP contribution in [0.5, 0.6) is 17.2 Å². The summed E-state index contributed by atoms with van der Waals surface area (Å²) in [6, 6.07) is 20.3. The van der Waals surface area contributed by atoms with Crippen LogP contribution in [-0.2, 0) is 19.9 Å². The van der Waals surface area contributed by atoms with Gasteiger partial charge in [0, 0.05) is 50.4 Å². The van der Waals surface area contributed by atoms with Gasteiger partial charge in [0.25, 0.3) is 0 Å². The molecule has 6 aliphatic carbocycles. The highest BCUT2D eigenvalue weighted by molar-refractivity contribution is 5.79. The first-order chi connectivity index (χ1) is 58.1. The van der Waals surface area contributed by atoms with E-state index in [0.717, 1.165) is 102 Å². The largest absolute Gasteiger partial charge is 0.491 e. The van der Waals surface area contributed by atoms with Crippen molar-refractivity contribution in [3.8, 4) is 17.2 Å². The number of benzene rings is 6. The molecule has 2 saturated heterocycles. The van der Waals surface area contributed by atoms with E-state index in [1.807, 2.05) is 6.08 Å². The maximum absolute atomic E-state index is 15.3. The van der Waals surface area contributed by atoms with Gasteiger partial charge in [-0.3, -0.25) is 4.79 Å². The number of carbonyl (C=O) groups excluding carboxylic acids is 1. The van der Waals surface area contributed by atoms with Gasteiger partial charge < -0.3 is 28.8 Å². The molecule has 1 unspecified atom stereocenters. The van der Waals surface area contributed by atoms with Crippen molar-refractivity contribution in [2.45, 2.75) is 333 Å². The van der Waals surface area contributed by atoms with Crippen LogP contribution in [-0.4, -0.2) is 57.1 Å². The summed E-state index contributed by atoms with van der Waals surface area (Å²) >= 11 is 0. The fourth-order valence-electron chi connectivity index (χ4n) is 19.2. The predicted molar refractivity (Wildman–Crippen MR) is 454 cm³/mol. The number of ketones is 1. The predicted octanol–water partition coefficient (Wildman–Crippen LogP) is 29.9. The number of aliphatic hydroxyl groups is 1. The van der Waals surface area contributed by atoms with Gasteiger partial charge in [-0.1, -0.05) is 158 Å². The lowest BCUT2D eigenvalue weighted by Crippen LogP contribution is -2.32. The highest BCUT2D eigenvalue weighted by atomic mass is 19.2. The SMILES string of the molecule is C1CCOC1.C1CCOC1.CCCCCC1CCC(c2ccc(C3(O)CCC(c4ccc(OCC)c(F)c4F)CC3)c(F)c2F)CC1.CCCCCC1CCC(c2ccc(C3=CCC(c4ccc(OCC)c(F)c4F)CC3)c(F)c2F)CC1.CCCCCC1CCC(c2cccc(F)c2F)CC1.CCOc1ccc(C2CCC(=O)CC2)c(F)c1F. The van der Waals surface area contributed by atoms with Crippen LogP contribution in [0.2, 0.25) is 0 Å². The van der Waals surface area contributed by atoms with Crippen LogP contribution in [0.4, 0.5) is 52.7 Å². The summed E-state index contributed by atoms with van der Waals surface area (Å²) in [4.78, 5) is 11.1. The molecule has 1 N–H and O–H groups in total. The zero-order valence-electron chi connectivity index (χ0n) is 72.2. The molecule has 7 fully saturated rings. The van der Waals surface area contributed by atoms with Crippen LogP contribution in [0.1, 0.15) is 372 Å². The topological polar surface area (TPSA) is 83.5 Å². The molecule has 0 radical (unpaired) electrons. The van der Waals surface area contributed by atoms with Gasteiger partial charge in [-0.15, -0.1) is 0 Å². The first-order valence-corrected chi connectivity index (χ1v) is 45.9.